The maximum Gasteiger partial charge on any atom is 0.405 e. The summed E-state index contributed by atoms with van der Waals surface area (Å²) in [5.41, 5.74) is 9.49. The number of nitrogens with two attached hydrogens (primary N) is 1. The summed E-state index contributed by atoms with van der Waals surface area (Å²) < 4.78 is 0. The molecule has 1 heterocycles. The number of carbonyl (C=O) groups is 2. The second-order valence-corrected chi connectivity index (χ2v) is 10.7. The molecule has 0 radical (unpaired) electrons. The van der Waals surface area contributed by atoms with Crippen molar-refractivity contribution in [3.8, 4) is 11.3 Å². The molecule has 6 N–H and O–H groups in total. The molecule has 2 amide bonds. The molecule has 3 rings (SSSR count). The minimum Gasteiger partial charge on any atom is -0.465 e. The van der Waals surface area contributed by atoms with Crippen LogP contribution in [0.15, 0.2) is 79.0 Å². The topological polar surface area (TPSA) is 138 Å². The molecule has 0 bridgehead atoms. The van der Waals surface area contributed by atoms with E-state index in [0.717, 1.165) is 22.4 Å². The van der Waals surface area contributed by atoms with E-state index in [-0.39, 0.29) is 6.42 Å². The van der Waals surface area contributed by atoms with Crippen LogP contribution in [-0.4, -0.2) is 51.4 Å². The molecule has 0 spiro atoms. The third kappa shape index (κ3) is 8.68. The first kappa shape index (κ1) is 28.8. The summed E-state index contributed by atoms with van der Waals surface area (Å²) in [6.07, 6.45) is 0.734. The number of pyridine rings is 1. The van der Waals surface area contributed by atoms with Crippen molar-refractivity contribution in [3.63, 3.8) is 0 Å². The molecule has 3 aromatic rings. The third-order valence-corrected chi connectivity index (χ3v) is 6.47. The van der Waals surface area contributed by atoms with Crippen LogP contribution in [0.1, 0.15) is 38.3 Å². The Morgan fingerprint density at radius 2 is 1.53 bits per heavy atom. The van der Waals surface area contributed by atoms with Crippen molar-refractivity contribution in [3.05, 3.63) is 90.1 Å². The molecule has 8 nitrogen and oxygen atoms in total. The maximum absolute atomic E-state index is 13.2. The summed E-state index contributed by atoms with van der Waals surface area (Å²) in [4.78, 5) is 29.0. The number of carbonyl (C=O) groups excluding carboxylic acids is 1. The van der Waals surface area contributed by atoms with Crippen molar-refractivity contribution >= 4 is 12.0 Å². The lowest BCUT2D eigenvalue weighted by molar-refractivity contribution is -0.126. The number of carboxylic acid groups (broad SMARTS) is 1. The smallest absolute Gasteiger partial charge is 0.405 e. The molecule has 0 aliphatic heterocycles. The fourth-order valence-corrected chi connectivity index (χ4v) is 4.39. The molecular weight excluding hydrogens is 480 g/mol. The number of benzene rings is 2. The number of aliphatic hydroxyl groups excluding tert-OH is 1. The van der Waals surface area contributed by atoms with E-state index in [1.807, 2.05) is 72.8 Å². The number of nitrogens with zero attached hydrogens (tertiary/aromatic N) is 1. The molecule has 0 unspecified atom stereocenters. The van der Waals surface area contributed by atoms with Crippen LogP contribution < -0.4 is 16.4 Å². The Hall–Kier alpha value is -3.75. The lowest BCUT2D eigenvalue weighted by Crippen LogP contribution is -2.56. The molecule has 0 saturated heterocycles. The van der Waals surface area contributed by atoms with Crippen LogP contribution in [0, 0.1) is 5.41 Å². The fraction of sp³-hybridized carbons (Fsp3) is 0.367. The standard InChI is InChI=1S/C30H38N4O4/c1-30(2,3)27(34-29(37)38)28(36)33-23(19-26(35)24(31)18-20-9-5-4-6-10-20)17-21-12-14-22(15-13-21)25-11-7-8-16-32-25/h4-16,23-24,26-27,34-35H,17-19,31H2,1-3H3,(H,33,36)(H,37,38)/t23-,24-,26+,27+/m0/s1. The van der Waals surface area contributed by atoms with Gasteiger partial charge in [0.15, 0.2) is 0 Å². The first-order valence-electron chi connectivity index (χ1n) is 12.8. The third-order valence-electron chi connectivity index (χ3n) is 6.47. The fourth-order valence-electron chi connectivity index (χ4n) is 4.39. The summed E-state index contributed by atoms with van der Waals surface area (Å²) in [6.45, 7) is 5.38. The van der Waals surface area contributed by atoms with Gasteiger partial charge in [-0.3, -0.25) is 9.78 Å². The molecule has 2 aromatic carbocycles. The van der Waals surface area contributed by atoms with E-state index < -0.39 is 41.6 Å². The minimum absolute atomic E-state index is 0.214. The Kier molecular flexibility index (Phi) is 9.98. The molecule has 8 heteroatoms. The van der Waals surface area contributed by atoms with E-state index in [1.165, 1.54) is 0 Å². The van der Waals surface area contributed by atoms with Crippen LogP contribution in [0.4, 0.5) is 4.79 Å². The van der Waals surface area contributed by atoms with Crippen molar-refractivity contribution < 1.29 is 19.8 Å². The molecule has 1 aromatic heterocycles. The normalized spacial score (nSPS) is 14.7. The van der Waals surface area contributed by atoms with Gasteiger partial charge < -0.3 is 26.6 Å². The van der Waals surface area contributed by atoms with Gasteiger partial charge in [-0.2, -0.15) is 0 Å². The van der Waals surface area contributed by atoms with Gasteiger partial charge in [0.25, 0.3) is 0 Å². The largest absolute Gasteiger partial charge is 0.465 e. The van der Waals surface area contributed by atoms with Gasteiger partial charge >= 0.3 is 6.09 Å². The SMILES string of the molecule is CC(C)(C)[C@H](NC(=O)O)C(=O)N[C@@H](Cc1ccc(-c2ccccn2)cc1)C[C@@H](O)[C@@H](N)Cc1ccccc1. The number of amides is 2. The minimum atomic E-state index is -1.27. The van der Waals surface area contributed by atoms with Gasteiger partial charge in [0.2, 0.25) is 5.91 Å². The van der Waals surface area contributed by atoms with Crippen LogP contribution in [-0.2, 0) is 17.6 Å². The summed E-state index contributed by atoms with van der Waals surface area (Å²) in [7, 11) is 0. The molecular formula is C30H38N4O4. The van der Waals surface area contributed by atoms with E-state index in [9.17, 15) is 19.8 Å². The Balaban J connectivity index is 1.77. The maximum atomic E-state index is 13.2. The highest BCUT2D eigenvalue weighted by atomic mass is 16.4. The zero-order valence-electron chi connectivity index (χ0n) is 22.2. The predicted octanol–water partition coefficient (Wildman–Crippen LogP) is 3.78. The van der Waals surface area contributed by atoms with E-state index in [1.54, 1.807) is 27.0 Å². The van der Waals surface area contributed by atoms with Crippen LogP contribution in [0.2, 0.25) is 0 Å². The van der Waals surface area contributed by atoms with Crippen LogP contribution >= 0.6 is 0 Å². The van der Waals surface area contributed by atoms with Crippen LogP contribution in [0.25, 0.3) is 11.3 Å². The Morgan fingerprint density at radius 3 is 2.11 bits per heavy atom. The van der Waals surface area contributed by atoms with Crippen LogP contribution in [0.5, 0.6) is 0 Å². The van der Waals surface area contributed by atoms with Crippen molar-refractivity contribution in [1.29, 1.82) is 0 Å². The number of hydrogen-bond acceptors (Lipinski definition) is 5. The Bertz CT molecular complexity index is 1160. The van der Waals surface area contributed by atoms with E-state index in [0.29, 0.717) is 12.8 Å². The first-order valence-corrected chi connectivity index (χ1v) is 12.8. The number of aliphatic hydroxyl groups is 1. The average Bonchev–Trinajstić information content (AvgIpc) is 2.88. The van der Waals surface area contributed by atoms with Gasteiger partial charge in [0, 0.05) is 23.8 Å². The average molecular weight is 519 g/mol. The first-order chi connectivity index (χ1) is 18.0. The highest BCUT2D eigenvalue weighted by molar-refractivity contribution is 5.86. The Morgan fingerprint density at radius 1 is 0.895 bits per heavy atom. The van der Waals surface area contributed by atoms with Crippen molar-refractivity contribution in [1.82, 2.24) is 15.6 Å². The number of rotatable bonds is 11. The van der Waals surface area contributed by atoms with Gasteiger partial charge in [-0.1, -0.05) is 81.4 Å². The lowest BCUT2D eigenvalue weighted by atomic mass is 9.85. The van der Waals surface area contributed by atoms with Crippen molar-refractivity contribution in [2.45, 2.75) is 64.3 Å². The van der Waals surface area contributed by atoms with Gasteiger partial charge in [-0.05, 0) is 47.9 Å². The van der Waals surface area contributed by atoms with Crippen LogP contribution in [0.3, 0.4) is 0 Å². The van der Waals surface area contributed by atoms with Gasteiger partial charge in [0.05, 0.1) is 11.8 Å². The summed E-state index contributed by atoms with van der Waals surface area (Å²) >= 11 is 0. The van der Waals surface area contributed by atoms with Gasteiger partial charge in [-0.25, -0.2) is 4.79 Å². The number of nitrogens with one attached hydrogen (secondary N) is 2. The zero-order chi connectivity index (χ0) is 27.7. The summed E-state index contributed by atoms with van der Waals surface area (Å²) in [5.74, 6) is -0.446. The predicted molar refractivity (Wildman–Crippen MR) is 148 cm³/mol. The highest BCUT2D eigenvalue weighted by Gasteiger charge is 2.34. The molecule has 0 aliphatic rings. The van der Waals surface area contributed by atoms with Crippen molar-refractivity contribution in [2.75, 3.05) is 0 Å². The summed E-state index contributed by atoms with van der Waals surface area (Å²) in [6, 6.07) is 21.3. The second-order valence-electron chi connectivity index (χ2n) is 10.7. The van der Waals surface area contributed by atoms with Crippen molar-refractivity contribution in [2.24, 2.45) is 11.1 Å². The molecule has 0 aliphatic carbocycles. The van der Waals surface area contributed by atoms with E-state index in [2.05, 4.69) is 15.6 Å². The van der Waals surface area contributed by atoms with Gasteiger partial charge in [-0.15, -0.1) is 0 Å². The quantitative estimate of drug-likeness (QED) is 0.262. The lowest BCUT2D eigenvalue weighted by Gasteiger charge is -2.32. The Labute approximate surface area is 224 Å². The number of aromatic nitrogens is 1. The summed E-state index contributed by atoms with van der Waals surface area (Å²) in [5, 5.41) is 25.6. The highest BCUT2D eigenvalue weighted by Crippen LogP contribution is 2.22. The second kappa shape index (κ2) is 13.2. The molecule has 0 saturated carbocycles. The molecule has 4 atom stereocenters. The zero-order valence-corrected chi connectivity index (χ0v) is 22.2. The van der Waals surface area contributed by atoms with E-state index >= 15 is 0 Å². The molecule has 202 valence electrons. The molecule has 0 fully saturated rings. The number of hydrogen-bond donors (Lipinski definition) is 5. The van der Waals surface area contributed by atoms with Gasteiger partial charge in [0.1, 0.15) is 6.04 Å². The van der Waals surface area contributed by atoms with E-state index in [4.69, 9.17) is 5.73 Å². The monoisotopic (exact) mass is 518 g/mol. The molecule has 38 heavy (non-hydrogen) atoms.